The van der Waals surface area contributed by atoms with E-state index in [1.165, 1.54) is 73.6 Å². The van der Waals surface area contributed by atoms with Gasteiger partial charge in [0.2, 0.25) is 11.8 Å². The number of carbonyl (C=O) groups is 2. The molecule has 4 nitrogen and oxygen atoms in total. The molecule has 1 radical (unpaired) electrons. The standard InChI is InChI=1S/2C21H23.C6H12BN2O2.2ClH.Zr/c2*1-4-17-8-5-6-10-19(17)20-11-7-9-18-13-16(12-15(2)3)14-21(18)20;1-3-5(10)8-7-9-6(11)4-2;;;/h2*5-11,13-15H,4,12H2,1-3H3;3-4H2,1-2H3,(H,8,10)(H,9,11);2*1H;/q2*-1;;;;+4/p-2. The maximum absolute atomic E-state index is 10.6. The van der Waals surface area contributed by atoms with Crippen molar-refractivity contribution in [3.05, 3.63) is 131 Å². The van der Waals surface area contributed by atoms with Gasteiger partial charge in [0, 0.05) is 12.8 Å². The van der Waals surface area contributed by atoms with Crippen molar-refractivity contribution in [2.75, 3.05) is 0 Å². The van der Waals surface area contributed by atoms with E-state index >= 15 is 0 Å². The number of hydrogen-bond donors (Lipinski definition) is 2. The van der Waals surface area contributed by atoms with Crippen LogP contribution in [-0.4, -0.2) is 19.4 Å². The zero-order chi connectivity index (χ0) is 41.0. The van der Waals surface area contributed by atoms with Crippen LogP contribution in [0.2, 0.25) is 0 Å². The average Bonchev–Trinajstić information content (AvgIpc) is 3.81. The number of rotatable bonds is 12. The average molecular weight is 868 g/mol. The van der Waals surface area contributed by atoms with Crippen LogP contribution in [0.15, 0.2) is 109 Å². The van der Waals surface area contributed by atoms with Gasteiger partial charge in [0.25, 0.3) is 0 Å². The molecule has 2 N–H and O–H groups in total. The Morgan fingerprint density at radius 1 is 0.589 bits per heavy atom. The van der Waals surface area contributed by atoms with Crippen LogP contribution in [0.3, 0.4) is 0 Å². The molecule has 0 bridgehead atoms. The summed E-state index contributed by atoms with van der Waals surface area (Å²) in [5, 5.41) is 10.3. The van der Waals surface area contributed by atoms with Gasteiger partial charge in [-0.05, 0) is 59.8 Å². The minimum absolute atomic E-state index is 0.110. The van der Waals surface area contributed by atoms with E-state index < -0.39 is 20.8 Å². The molecular weight excluding hydrogens is 809 g/mol. The van der Waals surface area contributed by atoms with Gasteiger partial charge in [-0.25, -0.2) is 0 Å². The van der Waals surface area contributed by atoms with E-state index in [1.807, 2.05) is 0 Å². The van der Waals surface area contributed by atoms with Crippen LogP contribution in [-0.2, 0) is 56.1 Å². The summed E-state index contributed by atoms with van der Waals surface area (Å²) in [4.78, 5) is 21.2. The summed E-state index contributed by atoms with van der Waals surface area (Å²) >= 11 is -0.826. The third-order valence-corrected chi connectivity index (χ3v) is 9.39. The SMILES string of the molecule is CCC(=O)N[B]NC(=O)CC.CCc1ccccc1-c1cccc2[cH-]c(CC(C)C)cc12.CCc1ccccc1-c1cccc2[cH-]c(CC(C)C)cc12.[Cl][Zr+2][Cl]. The molecule has 0 fully saturated rings. The number of benzene rings is 4. The van der Waals surface area contributed by atoms with Crippen LogP contribution < -0.4 is 10.5 Å². The predicted molar refractivity (Wildman–Crippen MR) is 240 cm³/mol. The summed E-state index contributed by atoms with van der Waals surface area (Å²) in [6, 6.07) is 40.4. The number of aryl methyl sites for hydroxylation is 2. The van der Waals surface area contributed by atoms with Crippen molar-refractivity contribution in [2.24, 2.45) is 11.8 Å². The summed E-state index contributed by atoms with van der Waals surface area (Å²) in [7, 11) is 11.1. The van der Waals surface area contributed by atoms with E-state index in [9.17, 15) is 9.59 Å². The summed E-state index contributed by atoms with van der Waals surface area (Å²) in [5.74, 6) is 1.18. The quantitative estimate of drug-likeness (QED) is 0.0951. The summed E-state index contributed by atoms with van der Waals surface area (Å²) in [6.45, 7) is 17.1. The molecule has 293 valence electrons. The molecule has 0 saturated carbocycles. The van der Waals surface area contributed by atoms with E-state index in [4.69, 9.17) is 17.0 Å². The normalized spacial score (nSPS) is 10.4. The molecule has 0 aliphatic rings. The van der Waals surface area contributed by atoms with Crippen molar-refractivity contribution in [3.8, 4) is 22.3 Å². The monoisotopic (exact) mass is 865 g/mol. The number of fused-ring (bicyclic) bond motifs is 2. The fourth-order valence-electron chi connectivity index (χ4n) is 6.83. The van der Waals surface area contributed by atoms with Crippen molar-refractivity contribution in [1.82, 2.24) is 10.5 Å². The van der Waals surface area contributed by atoms with Gasteiger partial charge in [0.1, 0.15) is 0 Å². The summed E-state index contributed by atoms with van der Waals surface area (Å²) in [5.41, 5.74) is 11.3. The van der Waals surface area contributed by atoms with Gasteiger partial charge in [-0.2, -0.15) is 12.1 Å². The Morgan fingerprint density at radius 3 is 1.29 bits per heavy atom. The molecule has 6 rings (SSSR count). The molecule has 0 aliphatic carbocycles. The third-order valence-electron chi connectivity index (χ3n) is 9.39. The van der Waals surface area contributed by atoms with Gasteiger partial charge in [-0.1, -0.05) is 127 Å². The number of halogens is 2. The molecule has 0 atom stereocenters. The first-order valence-electron chi connectivity index (χ1n) is 19.9. The van der Waals surface area contributed by atoms with Gasteiger partial charge in [-0.15, -0.1) is 69.1 Å². The first-order chi connectivity index (χ1) is 27.0. The zero-order valence-corrected chi connectivity index (χ0v) is 38.4. The van der Waals surface area contributed by atoms with Gasteiger partial charge in [0.15, 0.2) is 0 Å². The van der Waals surface area contributed by atoms with E-state index in [-0.39, 0.29) is 11.8 Å². The Labute approximate surface area is 355 Å². The minimum atomic E-state index is -0.826. The fraction of sp³-hybridized carbons (Fsp3) is 0.333. The second-order valence-electron chi connectivity index (χ2n) is 14.6. The number of amides is 2. The zero-order valence-electron chi connectivity index (χ0n) is 34.4. The van der Waals surface area contributed by atoms with E-state index in [2.05, 4.69) is 161 Å². The van der Waals surface area contributed by atoms with Crippen LogP contribution in [0, 0.1) is 11.8 Å². The Balaban J connectivity index is 0.000000228. The fourth-order valence-corrected chi connectivity index (χ4v) is 6.83. The molecule has 0 saturated heterocycles. The maximum atomic E-state index is 10.6. The second-order valence-corrected chi connectivity index (χ2v) is 18.4. The molecule has 8 heteroatoms. The summed E-state index contributed by atoms with van der Waals surface area (Å²) < 4.78 is 0. The topological polar surface area (TPSA) is 58.2 Å². The number of nitrogens with one attached hydrogen (secondary N) is 2. The second kappa shape index (κ2) is 25.0. The molecular formula is C48H58BCl2N2O2Zr. The van der Waals surface area contributed by atoms with Gasteiger partial charge in [0.05, 0.1) is 0 Å². The predicted octanol–water partition coefficient (Wildman–Crippen LogP) is 12.9. The van der Waals surface area contributed by atoms with Gasteiger partial charge in [-0.3, -0.25) is 9.59 Å². The first-order valence-corrected chi connectivity index (χ1v) is 26.2. The Bertz CT molecular complexity index is 1950. The van der Waals surface area contributed by atoms with Crippen molar-refractivity contribution >= 4 is 57.9 Å². The number of carbonyl (C=O) groups excluding carboxylic acids is 2. The van der Waals surface area contributed by atoms with Crippen LogP contribution >= 0.6 is 17.0 Å². The molecule has 0 spiro atoms. The molecule has 2 amide bonds. The Kier molecular flexibility index (Phi) is 21.0. The molecule has 0 unspecified atom stereocenters. The van der Waals surface area contributed by atoms with Crippen molar-refractivity contribution in [3.63, 3.8) is 0 Å². The summed E-state index contributed by atoms with van der Waals surface area (Å²) in [6.07, 6.45) is 5.29. The van der Waals surface area contributed by atoms with Gasteiger partial charge >= 0.3 is 45.4 Å². The van der Waals surface area contributed by atoms with Crippen molar-refractivity contribution in [2.45, 2.75) is 93.9 Å². The van der Waals surface area contributed by atoms with Crippen LogP contribution in [0.5, 0.6) is 0 Å². The number of hydrogen-bond acceptors (Lipinski definition) is 2. The van der Waals surface area contributed by atoms with Crippen LogP contribution in [0.1, 0.15) is 90.5 Å². The van der Waals surface area contributed by atoms with Crippen LogP contribution in [0.25, 0.3) is 43.8 Å². The van der Waals surface area contributed by atoms with E-state index in [1.54, 1.807) is 13.8 Å². The van der Waals surface area contributed by atoms with Crippen molar-refractivity contribution < 1.29 is 30.4 Å². The van der Waals surface area contributed by atoms with E-state index in [0.717, 1.165) is 25.7 Å². The molecule has 0 heterocycles. The van der Waals surface area contributed by atoms with Crippen molar-refractivity contribution in [1.29, 1.82) is 0 Å². The molecule has 56 heavy (non-hydrogen) atoms. The Hall–Kier alpha value is -3.43. The third kappa shape index (κ3) is 14.5. The molecule has 6 aromatic rings. The first kappa shape index (κ1) is 46.9. The van der Waals surface area contributed by atoms with Crippen LogP contribution in [0.4, 0.5) is 0 Å². The van der Waals surface area contributed by atoms with Gasteiger partial charge < -0.3 is 10.5 Å². The van der Waals surface area contributed by atoms with E-state index in [0.29, 0.717) is 24.7 Å². The Morgan fingerprint density at radius 2 is 0.946 bits per heavy atom. The molecule has 0 aliphatic heterocycles. The molecule has 6 aromatic carbocycles. The molecule has 0 aromatic heterocycles.